The number of hydrogen-bond donors (Lipinski definition) is 1. The Morgan fingerprint density at radius 3 is 2.43 bits per heavy atom. The van der Waals surface area contributed by atoms with Gasteiger partial charge in [0.25, 0.3) is 0 Å². The molecule has 1 aromatic rings. The van der Waals surface area contributed by atoms with E-state index in [4.69, 9.17) is 10.5 Å². The van der Waals surface area contributed by atoms with Crippen molar-refractivity contribution in [2.75, 3.05) is 11.5 Å². The van der Waals surface area contributed by atoms with Crippen molar-refractivity contribution in [2.45, 2.75) is 46.0 Å². The molecular formula is C14H22N2O4S. The molecule has 6 nitrogen and oxygen atoms in total. The molecule has 0 aliphatic rings. The van der Waals surface area contributed by atoms with Gasteiger partial charge in [0.15, 0.2) is 9.84 Å². The van der Waals surface area contributed by atoms with E-state index in [0.29, 0.717) is 16.9 Å². The molecule has 0 radical (unpaired) electrons. The minimum Gasteiger partial charge on any atom is -0.459 e. The number of hydrogen-bond acceptors (Lipinski definition) is 6. The van der Waals surface area contributed by atoms with E-state index in [-0.39, 0.29) is 5.75 Å². The number of aromatic nitrogens is 1. The van der Waals surface area contributed by atoms with Gasteiger partial charge in [-0.25, -0.2) is 8.42 Å². The molecule has 0 atom stereocenters. The van der Waals surface area contributed by atoms with Gasteiger partial charge in [-0.15, -0.1) is 0 Å². The van der Waals surface area contributed by atoms with Crippen molar-refractivity contribution in [3.8, 4) is 0 Å². The van der Waals surface area contributed by atoms with Crippen LogP contribution in [-0.4, -0.2) is 30.7 Å². The highest BCUT2D eigenvalue weighted by Gasteiger charge is 2.24. The Bertz CT molecular complexity index is 646. The molecule has 7 heteroatoms. The van der Waals surface area contributed by atoms with Crippen LogP contribution in [0.4, 0.5) is 5.69 Å². The first kappa shape index (κ1) is 17.4. The molecule has 0 amide bonds. The fourth-order valence-corrected chi connectivity index (χ4v) is 2.98. The topological polar surface area (TPSA) is 99.3 Å². The zero-order valence-corrected chi connectivity index (χ0v) is 13.9. The monoisotopic (exact) mass is 314 g/mol. The Balaban J connectivity index is 2.87. The highest BCUT2D eigenvalue weighted by atomic mass is 32.2. The molecule has 1 heterocycles. The average molecular weight is 314 g/mol. The fraction of sp³-hybridized carbons (Fsp3) is 0.571. The van der Waals surface area contributed by atoms with E-state index in [0.717, 1.165) is 5.56 Å². The normalized spacial score (nSPS) is 12.2. The number of nitrogens with two attached hydrogens (primary N) is 1. The maximum atomic E-state index is 12.1. The second-order valence-electron chi connectivity index (χ2n) is 6.05. The molecule has 0 aliphatic carbocycles. The predicted octanol–water partition coefficient (Wildman–Crippen LogP) is 1.54. The highest BCUT2D eigenvalue weighted by molar-refractivity contribution is 7.91. The molecule has 118 valence electrons. The van der Waals surface area contributed by atoms with E-state index in [9.17, 15) is 13.2 Å². The van der Waals surface area contributed by atoms with E-state index < -0.39 is 27.2 Å². The number of carbonyl (C=O) groups is 1. The SMILES string of the molecule is Cc1cnc(CS(=O)(=O)CC(=O)OC(C)(C)C)c(C)c1N. The molecule has 0 fully saturated rings. The molecule has 0 aliphatic heterocycles. The van der Waals surface area contributed by atoms with Crippen LogP contribution < -0.4 is 5.73 Å². The van der Waals surface area contributed by atoms with Crippen molar-refractivity contribution in [1.82, 2.24) is 4.98 Å². The summed E-state index contributed by atoms with van der Waals surface area (Å²) < 4.78 is 29.1. The van der Waals surface area contributed by atoms with Crippen LogP contribution in [0.3, 0.4) is 0 Å². The van der Waals surface area contributed by atoms with Crippen LogP contribution >= 0.6 is 0 Å². The Labute approximate surface area is 125 Å². The number of rotatable bonds is 4. The second-order valence-corrected chi connectivity index (χ2v) is 8.11. The first-order chi connectivity index (χ1) is 9.41. The molecule has 0 aromatic carbocycles. The summed E-state index contributed by atoms with van der Waals surface area (Å²) in [6.07, 6.45) is 1.53. The summed E-state index contributed by atoms with van der Waals surface area (Å²) in [5.41, 5.74) is 7.45. The van der Waals surface area contributed by atoms with Crippen molar-refractivity contribution < 1.29 is 17.9 Å². The largest absolute Gasteiger partial charge is 0.459 e. The standard InChI is InChI=1S/C14H22N2O4S/c1-9-6-16-11(10(2)13(9)15)7-21(18,19)8-12(17)20-14(3,4)5/h6H,7-8H2,1-5H3,(H2,15,16). The molecule has 21 heavy (non-hydrogen) atoms. The Kier molecular flexibility index (Phi) is 4.99. The lowest BCUT2D eigenvalue weighted by molar-refractivity contribution is -0.151. The minimum atomic E-state index is -3.65. The first-order valence-electron chi connectivity index (χ1n) is 6.54. The van der Waals surface area contributed by atoms with Gasteiger partial charge < -0.3 is 10.5 Å². The lowest BCUT2D eigenvalue weighted by Gasteiger charge is -2.19. The minimum absolute atomic E-state index is 0.331. The van der Waals surface area contributed by atoms with Gasteiger partial charge in [0.05, 0.1) is 11.4 Å². The number of anilines is 1. The third-order valence-corrected chi connectivity index (χ3v) is 4.18. The lowest BCUT2D eigenvalue weighted by atomic mass is 10.1. The number of carbonyl (C=O) groups excluding carboxylic acids is 1. The van der Waals surface area contributed by atoms with E-state index in [2.05, 4.69) is 4.98 Å². The highest BCUT2D eigenvalue weighted by Crippen LogP contribution is 2.20. The quantitative estimate of drug-likeness (QED) is 0.846. The third-order valence-electron chi connectivity index (χ3n) is 2.79. The van der Waals surface area contributed by atoms with Crippen LogP contribution in [0.1, 0.15) is 37.6 Å². The molecule has 0 spiro atoms. The van der Waals surface area contributed by atoms with E-state index >= 15 is 0 Å². The maximum Gasteiger partial charge on any atom is 0.321 e. The number of nitrogens with zero attached hydrogens (tertiary/aromatic N) is 1. The van der Waals surface area contributed by atoms with Crippen molar-refractivity contribution in [3.63, 3.8) is 0 Å². The van der Waals surface area contributed by atoms with E-state index in [1.807, 2.05) is 0 Å². The van der Waals surface area contributed by atoms with E-state index in [1.54, 1.807) is 34.6 Å². The zero-order valence-electron chi connectivity index (χ0n) is 13.1. The van der Waals surface area contributed by atoms with E-state index in [1.165, 1.54) is 6.20 Å². The van der Waals surface area contributed by atoms with Crippen LogP contribution in [0.25, 0.3) is 0 Å². The van der Waals surface area contributed by atoms with Gasteiger partial charge in [-0.1, -0.05) is 0 Å². The molecule has 0 saturated heterocycles. The fourth-order valence-electron chi connectivity index (χ4n) is 1.75. The summed E-state index contributed by atoms with van der Waals surface area (Å²) in [7, 11) is -3.65. The molecule has 2 N–H and O–H groups in total. The summed E-state index contributed by atoms with van der Waals surface area (Å²) in [5, 5.41) is 0. The Hall–Kier alpha value is -1.63. The van der Waals surface area contributed by atoms with Crippen molar-refractivity contribution >= 4 is 21.5 Å². The summed E-state index contributed by atoms with van der Waals surface area (Å²) in [5.74, 6) is -1.76. The number of aryl methyl sites for hydroxylation is 1. The predicted molar refractivity (Wildman–Crippen MR) is 81.5 cm³/mol. The Morgan fingerprint density at radius 2 is 1.90 bits per heavy atom. The molecular weight excluding hydrogens is 292 g/mol. The van der Waals surface area contributed by atoms with Crippen molar-refractivity contribution in [3.05, 3.63) is 23.0 Å². The van der Waals surface area contributed by atoms with Gasteiger partial charge in [-0.2, -0.15) is 0 Å². The Morgan fingerprint density at radius 1 is 1.33 bits per heavy atom. The smallest absolute Gasteiger partial charge is 0.321 e. The van der Waals surface area contributed by atoms with Crippen LogP contribution in [0.5, 0.6) is 0 Å². The van der Waals surface area contributed by atoms with Crippen LogP contribution in [0.15, 0.2) is 6.20 Å². The average Bonchev–Trinajstić information content (AvgIpc) is 2.26. The number of pyridine rings is 1. The zero-order chi connectivity index (χ0) is 16.4. The van der Waals surface area contributed by atoms with Gasteiger partial charge in [0, 0.05) is 11.9 Å². The van der Waals surface area contributed by atoms with Crippen LogP contribution in [0, 0.1) is 13.8 Å². The van der Waals surface area contributed by atoms with Crippen molar-refractivity contribution in [1.29, 1.82) is 0 Å². The number of sulfone groups is 1. The molecule has 0 unspecified atom stereocenters. The summed E-state index contributed by atoms with van der Waals surface area (Å²) in [6.45, 7) is 8.57. The lowest BCUT2D eigenvalue weighted by Crippen LogP contribution is -2.29. The molecule has 1 aromatic heterocycles. The summed E-state index contributed by atoms with van der Waals surface area (Å²) >= 11 is 0. The summed E-state index contributed by atoms with van der Waals surface area (Å²) in [4.78, 5) is 15.7. The number of ether oxygens (including phenoxy) is 1. The van der Waals surface area contributed by atoms with Crippen LogP contribution in [0.2, 0.25) is 0 Å². The van der Waals surface area contributed by atoms with Gasteiger partial charge in [0.2, 0.25) is 0 Å². The first-order valence-corrected chi connectivity index (χ1v) is 8.36. The van der Waals surface area contributed by atoms with Crippen LogP contribution in [-0.2, 0) is 25.1 Å². The number of nitrogen functional groups attached to an aromatic ring is 1. The third kappa shape index (κ3) is 5.34. The summed E-state index contributed by atoms with van der Waals surface area (Å²) in [6, 6.07) is 0. The second kappa shape index (κ2) is 6.01. The van der Waals surface area contributed by atoms with Gasteiger partial charge in [-0.05, 0) is 45.7 Å². The number of esters is 1. The van der Waals surface area contributed by atoms with Gasteiger partial charge >= 0.3 is 5.97 Å². The van der Waals surface area contributed by atoms with Crippen molar-refractivity contribution in [2.24, 2.45) is 0 Å². The molecule has 1 rings (SSSR count). The van der Waals surface area contributed by atoms with Gasteiger partial charge in [-0.3, -0.25) is 9.78 Å². The van der Waals surface area contributed by atoms with Gasteiger partial charge in [0.1, 0.15) is 11.4 Å². The maximum absolute atomic E-state index is 12.1. The molecule has 0 bridgehead atoms. The molecule has 0 saturated carbocycles.